The van der Waals surface area contributed by atoms with Crippen LogP contribution in [0.15, 0.2) is 11.6 Å². The molecule has 0 heterocycles. The number of carbonyl (C=O) groups excluding carboxylic acids is 2. The molecule has 0 bridgehead atoms. The van der Waals surface area contributed by atoms with Crippen molar-refractivity contribution in [2.45, 2.75) is 52.6 Å². The Kier molecular flexibility index (Phi) is 6.54. The number of ether oxygens (including phenoxy) is 2. The quantitative estimate of drug-likeness (QED) is 0.549. The molecule has 0 unspecified atom stereocenters. The van der Waals surface area contributed by atoms with Crippen LogP contribution in [0.1, 0.15) is 47.0 Å². The van der Waals surface area contributed by atoms with Crippen LogP contribution in [0.25, 0.3) is 0 Å². The molecule has 0 aromatic rings. The van der Waals surface area contributed by atoms with E-state index in [-0.39, 0.29) is 11.9 Å². The van der Waals surface area contributed by atoms with E-state index >= 15 is 0 Å². The zero-order valence-corrected chi connectivity index (χ0v) is 11.3. The van der Waals surface area contributed by atoms with Crippen LogP contribution < -0.4 is 0 Å². The first-order chi connectivity index (χ1) is 7.74. The Morgan fingerprint density at radius 1 is 1.18 bits per heavy atom. The van der Waals surface area contributed by atoms with Gasteiger partial charge in [-0.2, -0.15) is 0 Å². The number of allylic oxidation sites excluding steroid dienone is 1. The van der Waals surface area contributed by atoms with Crippen LogP contribution >= 0.6 is 0 Å². The van der Waals surface area contributed by atoms with Crippen LogP contribution in [0.5, 0.6) is 0 Å². The fourth-order valence-corrected chi connectivity index (χ4v) is 1.22. The van der Waals surface area contributed by atoms with Crippen LogP contribution in [0.3, 0.4) is 0 Å². The average Bonchev–Trinajstić information content (AvgIpc) is 2.13. The molecule has 0 spiro atoms. The molecule has 4 heteroatoms. The van der Waals surface area contributed by atoms with Crippen LogP contribution in [0.2, 0.25) is 0 Å². The van der Waals surface area contributed by atoms with Gasteiger partial charge in [0.15, 0.2) is 0 Å². The van der Waals surface area contributed by atoms with Gasteiger partial charge in [0.05, 0.1) is 7.11 Å². The van der Waals surface area contributed by atoms with E-state index in [1.54, 1.807) is 0 Å². The Balaban J connectivity index is 4.01. The molecule has 0 aromatic heterocycles. The number of esters is 2. The fourth-order valence-electron chi connectivity index (χ4n) is 1.22. The molecule has 0 fully saturated rings. The van der Waals surface area contributed by atoms with E-state index in [0.717, 1.165) is 5.57 Å². The second-order valence-corrected chi connectivity index (χ2v) is 4.95. The van der Waals surface area contributed by atoms with E-state index in [4.69, 9.17) is 4.74 Å². The molecule has 0 N–H and O–H groups in total. The Morgan fingerprint density at radius 2 is 1.76 bits per heavy atom. The van der Waals surface area contributed by atoms with E-state index < -0.39 is 5.60 Å². The standard InChI is InChI=1S/C13H22O4/c1-10(7-6-8-11(14)16-5)9-12(15)17-13(2,3)4/h9H,6-8H2,1-5H3/b10-9+. The molecule has 17 heavy (non-hydrogen) atoms. The minimum Gasteiger partial charge on any atom is -0.469 e. The second kappa shape index (κ2) is 7.09. The van der Waals surface area contributed by atoms with Gasteiger partial charge in [-0.3, -0.25) is 4.79 Å². The van der Waals surface area contributed by atoms with E-state index in [2.05, 4.69) is 4.74 Å². The molecule has 98 valence electrons. The van der Waals surface area contributed by atoms with Gasteiger partial charge in [0.2, 0.25) is 0 Å². The SMILES string of the molecule is COC(=O)CCC/C(C)=C/C(=O)OC(C)(C)C. The van der Waals surface area contributed by atoms with Gasteiger partial charge in [-0.05, 0) is 40.5 Å². The van der Waals surface area contributed by atoms with Gasteiger partial charge in [0.1, 0.15) is 5.60 Å². The summed E-state index contributed by atoms with van der Waals surface area (Å²) in [6.45, 7) is 7.32. The molecule has 0 saturated carbocycles. The van der Waals surface area contributed by atoms with Crippen molar-refractivity contribution in [1.82, 2.24) is 0 Å². The number of hydrogen-bond donors (Lipinski definition) is 0. The van der Waals surface area contributed by atoms with Crippen LogP contribution in [-0.4, -0.2) is 24.6 Å². The van der Waals surface area contributed by atoms with Gasteiger partial charge in [0.25, 0.3) is 0 Å². The highest BCUT2D eigenvalue weighted by Gasteiger charge is 2.14. The molecule has 0 rings (SSSR count). The second-order valence-electron chi connectivity index (χ2n) is 4.95. The van der Waals surface area contributed by atoms with E-state index in [1.807, 2.05) is 27.7 Å². The lowest BCUT2D eigenvalue weighted by molar-refractivity contribution is -0.148. The lowest BCUT2D eigenvalue weighted by Crippen LogP contribution is -2.22. The Labute approximate surface area is 103 Å². The van der Waals surface area contributed by atoms with Crippen molar-refractivity contribution in [3.05, 3.63) is 11.6 Å². The fraction of sp³-hybridized carbons (Fsp3) is 0.692. The van der Waals surface area contributed by atoms with Crippen molar-refractivity contribution in [2.24, 2.45) is 0 Å². The number of carbonyl (C=O) groups is 2. The first-order valence-corrected chi connectivity index (χ1v) is 5.71. The van der Waals surface area contributed by atoms with Crippen molar-refractivity contribution in [3.63, 3.8) is 0 Å². The summed E-state index contributed by atoms with van der Waals surface area (Å²) in [5, 5.41) is 0. The summed E-state index contributed by atoms with van der Waals surface area (Å²) in [4.78, 5) is 22.3. The summed E-state index contributed by atoms with van der Waals surface area (Å²) >= 11 is 0. The Hall–Kier alpha value is -1.32. The number of hydrogen-bond acceptors (Lipinski definition) is 4. The molecule has 0 atom stereocenters. The lowest BCUT2D eigenvalue weighted by atomic mass is 10.1. The van der Waals surface area contributed by atoms with Gasteiger partial charge in [-0.15, -0.1) is 0 Å². The minimum absolute atomic E-state index is 0.227. The van der Waals surface area contributed by atoms with Crippen LogP contribution in [-0.2, 0) is 19.1 Å². The maximum atomic E-state index is 11.4. The van der Waals surface area contributed by atoms with E-state index in [0.29, 0.717) is 19.3 Å². The van der Waals surface area contributed by atoms with Crippen molar-refractivity contribution >= 4 is 11.9 Å². The molecule has 0 radical (unpaired) electrons. The van der Waals surface area contributed by atoms with Crippen molar-refractivity contribution in [1.29, 1.82) is 0 Å². The highest BCUT2D eigenvalue weighted by molar-refractivity contribution is 5.83. The summed E-state index contributed by atoms with van der Waals surface area (Å²) in [7, 11) is 1.37. The van der Waals surface area contributed by atoms with Gasteiger partial charge < -0.3 is 9.47 Å². The monoisotopic (exact) mass is 242 g/mol. The van der Waals surface area contributed by atoms with Crippen LogP contribution in [0.4, 0.5) is 0 Å². The normalized spacial score (nSPS) is 12.2. The average molecular weight is 242 g/mol. The Bertz CT molecular complexity index is 297. The summed E-state index contributed by atoms with van der Waals surface area (Å²) in [5.74, 6) is -0.567. The van der Waals surface area contributed by atoms with Crippen molar-refractivity contribution < 1.29 is 19.1 Å². The van der Waals surface area contributed by atoms with E-state index in [1.165, 1.54) is 13.2 Å². The first kappa shape index (κ1) is 15.7. The Morgan fingerprint density at radius 3 is 2.24 bits per heavy atom. The van der Waals surface area contributed by atoms with Crippen LogP contribution in [0, 0.1) is 0 Å². The van der Waals surface area contributed by atoms with Gasteiger partial charge in [-0.25, -0.2) is 4.79 Å². The molecule has 0 aliphatic heterocycles. The molecular formula is C13H22O4. The summed E-state index contributed by atoms with van der Waals surface area (Å²) in [6, 6.07) is 0. The lowest BCUT2D eigenvalue weighted by Gasteiger charge is -2.18. The molecule has 0 saturated heterocycles. The highest BCUT2D eigenvalue weighted by atomic mass is 16.6. The molecule has 0 aliphatic rings. The summed E-state index contributed by atoms with van der Waals surface area (Å²) in [6.07, 6.45) is 3.21. The predicted octanol–water partition coefficient (Wildman–Crippen LogP) is 2.62. The molecule has 0 aromatic carbocycles. The zero-order valence-electron chi connectivity index (χ0n) is 11.3. The number of methoxy groups -OCH3 is 1. The largest absolute Gasteiger partial charge is 0.469 e. The van der Waals surface area contributed by atoms with Crippen molar-refractivity contribution in [3.8, 4) is 0 Å². The third-order valence-corrected chi connectivity index (χ3v) is 1.95. The molecule has 0 amide bonds. The smallest absolute Gasteiger partial charge is 0.331 e. The third kappa shape index (κ3) is 9.60. The highest BCUT2D eigenvalue weighted by Crippen LogP contribution is 2.11. The third-order valence-electron chi connectivity index (χ3n) is 1.95. The molecular weight excluding hydrogens is 220 g/mol. The predicted molar refractivity (Wildman–Crippen MR) is 65.5 cm³/mol. The first-order valence-electron chi connectivity index (χ1n) is 5.71. The maximum absolute atomic E-state index is 11.4. The van der Waals surface area contributed by atoms with Gasteiger partial charge in [0, 0.05) is 12.5 Å². The maximum Gasteiger partial charge on any atom is 0.331 e. The number of rotatable bonds is 5. The zero-order chi connectivity index (χ0) is 13.5. The summed E-state index contributed by atoms with van der Waals surface area (Å²) < 4.78 is 9.68. The minimum atomic E-state index is -0.472. The topological polar surface area (TPSA) is 52.6 Å². The molecule has 4 nitrogen and oxygen atoms in total. The van der Waals surface area contributed by atoms with E-state index in [9.17, 15) is 9.59 Å². The summed E-state index contributed by atoms with van der Waals surface area (Å²) in [5.41, 5.74) is 0.433. The molecule has 0 aliphatic carbocycles. The van der Waals surface area contributed by atoms with Gasteiger partial charge in [-0.1, -0.05) is 5.57 Å². The van der Waals surface area contributed by atoms with Crippen molar-refractivity contribution in [2.75, 3.05) is 7.11 Å². The van der Waals surface area contributed by atoms with Gasteiger partial charge >= 0.3 is 11.9 Å².